The zero-order valence-electron chi connectivity index (χ0n) is 17.4. The van der Waals surface area contributed by atoms with E-state index in [2.05, 4.69) is 42.0 Å². The van der Waals surface area contributed by atoms with Crippen molar-refractivity contribution in [3.63, 3.8) is 0 Å². The van der Waals surface area contributed by atoms with Crippen molar-refractivity contribution in [3.05, 3.63) is 65.3 Å². The van der Waals surface area contributed by atoms with Gasteiger partial charge < -0.3 is 0 Å². The molecule has 30 heavy (non-hydrogen) atoms. The number of hydrogen-bond acceptors (Lipinski definition) is 6. The van der Waals surface area contributed by atoms with Gasteiger partial charge in [0.1, 0.15) is 12.4 Å². The second-order valence-electron chi connectivity index (χ2n) is 7.71. The van der Waals surface area contributed by atoms with Crippen LogP contribution >= 0.6 is 0 Å². The second kappa shape index (κ2) is 8.41. The van der Waals surface area contributed by atoms with Crippen LogP contribution in [0.5, 0.6) is 0 Å². The third-order valence-corrected chi connectivity index (χ3v) is 4.88. The third kappa shape index (κ3) is 3.79. The van der Waals surface area contributed by atoms with Gasteiger partial charge in [-0.3, -0.25) is 0 Å². The van der Waals surface area contributed by atoms with E-state index in [1.165, 1.54) is 0 Å². The molecule has 4 heterocycles. The Morgan fingerprint density at radius 3 is 2.80 bits per heavy atom. The van der Waals surface area contributed by atoms with Gasteiger partial charge in [-0.05, 0) is 30.5 Å². The fourth-order valence-electron chi connectivity index (χ4n) is 3.58. The Balaban J connectivity index is 1.75. The lowest BCUT2D eigenvalue weighted by molar-refractivity contribution is 0.619. The summed E-state index contributed by atoms with van der Waals surface area (Å²) in [4.78, 5) is 13.9. The minimum absolute atomic E-state index is 0.482. The average Bonchev–Trinajstić information content (AvgIpc) is 3.36. The highest BCUT2D eigenvalue weighted by Crippen LogP contribution is 2.21. The highest BCUT2D eigenvalue weighted by atomic mass is 15.3. The third-order valence-electron chi connectivity index (χ3n) is 4.88. The summed E-state index contributed by atoms with van der Waals surface area (Å²) in [5.74, 6) is 1.87. The van der Waals surface area contributed by atoms with Gasteiger partial charge in [0.05, 0.1) is 17.0 Å². The van der Waals surface area contributed by atoms with Gasteiger partial charge in [0.2, 0.25) is 0 Å². The first-order valence-electron chi connectivity index (χ1n) is 10.2. The number of nitrogens with zero attached hydrogens (tertiary/aromatic N) is 8. The minimum Gasteiger partial charge on any atom is -0.240 e. The van der Waals surface area contributed by atoms with E-state index in [1.54, 1.807) is 40.1 Å². The van der Waals surface area contributed by atoms with E-state index in [-0.39, 0.29) is 0 Å². The molecule has 0 atom stereocenters. The first kappa shape index (κ1) is 19.7. The van der Waals surface area contributed by atoms with Crippen LogP contribution in [-0.4, -0.2) is 34.3 Å². The first-order chi connectivity index (χ1) is 14.6. The van der Waals surface area contributed by atoms with Crippen LogP contribution in [0.15, 0.2) is 36.9 Å². The molecular formula is C22H24N8. The van der Waals surface area contributed by atoms with Gasteiger partial charge in [-0.1, -0.05) is 27.2 Å². The molecular weight excluding hydrogens is 376 g/mol. The van der Waals surface area contributed by atoms with E-state index >= 15 is 0 Å². The van der Waals surface area contributed by atoms with Crippen molar-refractivity contribution in [3.8, 4) is 11.9 Å². The van der Waals surface area contributed by atoms with Crippen molar-refractivity contribution < 1.29 is 0 Å². The summed E-state index contributed by atoms with van der Waals surface area (Å²) in [6.07, 6.45) is 8.39. The van der Waals surface area contributed by atoms with E-state index < -0.39 is 0 Å². The molecule has 0 aliphatic carbocycles. The van der Waals surface area contributed by atoms with Gasteiger partial charge >= 0.3 is 0 Å². The summed E-state index contributed by atoms with van der Waals surface area (Å²) < 4.78 is 3.50. The summed E-state index contributed by atoms with van der Waals surface area (Å²) in [6, 6.07) is 7.62. The maximum Gasteiger partial charge on any atom is 0.171 e. The quantitative estimate of drug-likeness (QED) is 0.472. The number of nitriles is 1. The molecule has 0 aliphatic heterocycles. The van der Waals surface area contributed by atoms with Gasteiger partial charge in [0, 0.05) is 30.8 Å². The van der Waals surface area contributed by atoms with E-state index in [4.69, 9.17) is 9.97 Å². The van der Waals surface area contributed by atoms with Gasteiger partial charge in [0.25, 0.3) is 0 Å². The van der Waals surface area contributed by atoms with Crippen LogP contribution in [0, 0.1) is 17.2 Å². The van der Waals surface area contributed by atoms with E-state index in [1.807, 2.05) is 6.07 Å². The van der Waals surface area contributed by atoms with Crippen LogP contribution in [0.1, 0.15) is 55.5 Å². The van der Waals surface area contributed by atoms with Crippen LogP contribution in [0.3, 0.4) is 0 Å². The lowest BCUT2D eigenvalue weighted by atomic mass is 10.1. The Hall–Kier alpha value is -3.60. The van der Waals surface area contributed by atoms with Crippen molar-refractivity contribution in [1.82, 2.24) is 34.3 Å². The monoisotopic (exact) mass is 400 g/mol. The largest absolute Gasteiger partial charge is 0.240 e. The molecule has 4 rings (SSSR count). The lowest BCUT2D eigenvalue weighted by Crippen LogP contribution is -2.10. The summed E-state index contributed by atoms with van der Waals surface area (Å²) in [6.45, 7) is 6.48. The molecule has 0 saturated heterocycles. The van der Waals surface area contributed by atoms with Crippen molar-refractivity contribution in [2.75, 3.05) is 0 Å². The normalized spacial score (nSPS) is 11.3. The van der Waals surface area contributed by atoms with Crippen molar-refractivity contribution in [1.29, 1.82) is 5.26 Å². The Bertz CT molecular complexity index is 1210. The van der Waals surface area contributed by atoms with Crippen LogP contribution in [0.2, 0.25) is 0 Å². The molecule has 0 aliphatic rings. The predicted octanol–water partition coefficient (Wildman–Crippen LogP) is 3.32. The molecule has 0 amide bonds. The van der Waals surface area contributed by atoms with Crippen molar-refractivity contribution in [2.45, 2.75) is 46.5 Å². The number of aromatic nitrogens is 7. The topological polar surface area (TPSA) is 97.6 Å². The predicted molar refractivity (Wildman–Crippen MR) is 112 cm³/mol. The number of fused-ring (bicyclic) bond motifs is 1. The van der Waals surface area contributed by atoms with Crippen LogP contribution < -0.4 is 0 Å². The summed E-state index contributed by atoms with van der Waals surface area (Å²) in [5, 5.41) is 18.4. The maximum absolute atomic E-state index is 9.43. The Morgan fingerprint density at radius 1 is 1.17 bits per heavy atom. The second-order valence-corrected chi connectivity index (χ2v) is 7.71. The zero-order valence-corrected chi connectivity index (χ0v) is 17.4. The highest BCUT2D eigenvalue weighted by molar-refractivity contribution is 5.50. The van der Waals surface area contributed by atoms with E-state index in [0.717, 1.165) is 47.7 Å². The molecule has 0 radical (unpaired) electrons. The number of aryl methyl sites for hydroxylation is 1. The molecule has 0 unspecified atom stereocenters. The summed E-state index contributed by atoms with van der Waals surface area (Å²) >= 11 is 0. The summed E-state index contributed by atoms with van der Waals surface area (Å²) in [7, 11) is 0. The molecule has 152 valence electrons. The minimum atomic E-state index is 0.482. The van der Waals surface area contributed by atoms with Gasteiger partial charge in [-0.2, -0.15) is 10.4 Å². The van der Waals surface area contributed by atoms with E-state index in [9.17, 15) is 5.26 Å². The van der Waals surface area contributed by atoms with Crippen LogP contribution in [0.25, 0.3) is 11.5 Å². The zero-order chi connectivity index (χ0) is 21.1. The van der Waals surface area contributed by atoms with Gasteiger partial charge in [-0.15, -0.1) is 5.10 Å². The average molecular weight is 400 g/mol. The molecule has 8 nitrogen and oxygen atoms in total. The Morgan fingerprint density at radius 2 is 2.03 bits per heavy atom. The Labute approximate surface area is 175 Å². The lowest BCUT2D eigenvalue weighted by Gasteiger charge is -2.11. The first-order valence-corrected chi connectivity index (χ1v) is 10.2. The van der Waals surface area contributed by atoms with Crippen LogP contribution in [0.4, 0.5) is 0 Å². The number of hydrogen-bond donors (Lipinski definition) is 0. The summed E-state index contributed by atoms with van der Waals surface area (Å²) in [5.41, 5.74) is 4.33. The molecule has 4 aromatic rings. The van der Waals surface area contributed by atoms with Crippen molar-refractivity contribution in [2.24, 2.45) is 5.92 Å². The van der Waals surface area contributed by atoms with Crippen molar-refractivity contribution >= 4 is 5.65 Å². The number of pyridine rings is 1. The molecule has 0 fully saturated rings. The number of rotatable bonds is 7. The van der Waals surface area contributed by atoms with Gasteiger partial charge in [0.15, 0.2) is 17.3 Å². The molecule has 0 aromatic carbocycles. The molecule has 8 heteroatoms. The molecule has 4 aromatic heterocycles. The fourth-order valence-corrected chi connectivity index (χ4v) is 3.58. The van der Waals surface area contributed by atoms with Crippen LogP contribution in [-0.2, 0) is 19.3 Å². The molecule has 0 spiro atoms. The Kier molecular flexibility index (Phi) is 5.53. The maximum atomic E-state index is 9.43. The molecule has 0 N–H and O–H groups in total. The smallest absolute Gasteiger partial charge is 0.171 e. The standard InChI is InChI=1S/C22H24N8/c1-4-6-18-19(25-14-29-22(18)27-20(28-29)11-15(2)3)12-17-8-10-26-30(17)21-16(13-23)7-5-9-24-21/h5,7-10,14-15H,4,6,11-12H2,1-3H3. The fraction of sp³-hybridized carbons (Fsp3) is 0.364. The SMILES string of the molecule is CCCc1c(Cc2ccnn2-c2ncccc2C#N)ncn2nc(CC(C)C)nc12. The van der Waals surface area contributed by atoms with Gasteiger partial charge in [-0.25, -0.2) is 24.1 Å². The molecule has 0 saturated carbocycles. The molecule has 0 bridgehead atoms. The van der Waals surface area contributed by atoms with E-state index in [0.29, 0.717) is 23.7 Å². The highest BCUT2D eigenvalue weighted by Gasteiger charge is 2.17.